The summed E-state index contributed by atoms with van der Waals surface area (Å²) in [5.41, 5.74) is 2.28. The van der Waals surface area contributed by atoms with Crippen LogP contribution in [0.1, 0.15) is 5.56 Å². The van der Waals surface area contributed by atoms with Gasteiger partial charge in [0, 0.05) is 36.0 Å². The molecule has 2 aromatic rings. The van der Waals surface area contributed by atoms with Gasteiger partial charge in [0.25, 0.3) is 0 Å². The zero-order valence-electron chi connectivity index (χ0n) is 15.4. The molecule has 0 bridgehead atoms. The molecule has 3 rings (SSSR count). The number of ether oxygens (including phenoxy) is 1. The Bertz CT molecular complexity index is 790. The summed E-state index contributed by atoms with van der Waals surface area (Å²) in [4.78, 5) is 26.2. The first-order chi connectivity index (χ1) is 13.6. The molecule has 0 aliphatic carbocycles. The maximum Gasteiger partial charge on any atom is 0.319 e. The zero-order valence-corrected chi connectivity index (χ0v) is 16.2. The van der Waals surface area contributed by atoms with Crippen LogP contribution >= 0.6 is 11.6 Å². The molecule has 2 aromatic carbocycles. The summed E-state index contributed by atoms with van der Waals surface area (Å²) >= 11 is 5.84. The Hall–Kier alpha value is -2.61. The van der Waals surface area contributed by atoms with Crippen molar-refractivity contribution in [3.05, 3.63) is 59.1 Å². The lowest BCUT2D eigenvalue weighted by molar-refractivity contribution is -0.118. The van der Waals surface area contributed by atoms with Crippen molar-refractivity contribution in [2.75, 3.05) is 43.5 Å². The smallest absolute Gasteiger partial charge is 0.319 e. The summed E-state index contributed by atoms with van der Waals surface area (Å²) in [6.07, 6.45) is 0. The number of rotatable bonds is 6. The fraction of sp³-hybridized carbons (Fsp3) is 0.300. The Balaban J connectivity index is 1.42. The third-order valence-corrected chi connectivity index (χ3v) is 4.52. The summed E-state index contributed by atoms with van der Waals surface area (Å²) in [6.45, 7) is 3.60. The molecule has 0 atom stereocenters. The average Bonchev–Trinajstić information content (AvgIpc) is 2.70. The Morgan fingerprint density at radius 1 is 0.929 bits per heavy atom. The van der Waals surface area contributed by atoms with Gasteiger partial charge >= 0.3 is 6.03 Å². The number of nitrogens with one attached hydrogen (secondary N) is 3. The topological polar surface area (TPSA) is 82.7 Å². The van der Waals surface area contributed by atoms with Gasteiger partial charge < -0.3 is 20.7 Å². The van der Waals surface area contributed by atoms with Gasteiger partial charge in [-0.1, -0.05) is 23.7 Å². The second kappa shape index (κ2) is 10.1. The van der Waals surface area contributed by atoms with Crippen LogP contribution < -0.4 is 16.0 Å². The van der Waals surface area contributed by atoms with Crippen molar-refractivity contribution in [1.82, 2.24) is 10.2 Å². The Kier molecular flexibility index (Phi) is 7.25. The maximum atomic E-state index is 12.1. The number of hydrogen-bond acceptors (Lipinski definition) is 4. The van der Waals surface area contributed by atoms with E-state index in [2.05, 4.69) is 20.9 Å². The molecule has 3 amide bonds. The molecule has 148 valence electrons. The van der Waals surface area contributed by atoms with Crippen LogP contribution in [0.25, 0.3) is 0 Å². The maximum absolute atomic E-state index is 12.1. The van der Waals surface area contributed by atoms with E-state index in [1.54, 1.807) is 36.4 Å². The summed E-state index contributed by atoms with van der Waals surface area (Å²) in [7, 11) is 0. The fourth-order valence-electron chi connectivity index (χ4n) is 2.76. The molecule has 7 nitrogen and oxygen atoms in total. The largest absolute Gasteiger partial charge is 0.379 e. The lowest BCUT2D eigenvalue weighted by atomic mass is 10.2. The van der Waals surface area contributed by atoms with Crippen LogP contribution in [0.15, 0.2) is 48.5 Å². The van der Waals surface area contributed by atoms with E-state index in [1.165, 1.54) is 0 Å². The quantitative estimate of drug-likeness (QED) is 0.693. The summed E-state index contributed by atoms with van der Waals surface area (Å²) in [6, 6.07) is 14.0. The standard InChI is InChI=1S/C20H23ClN4O3/c21-16-3-1-15(2-4-16)13-22-20(27)24-18-7-5-17(6-8-18)23-19(26)14-25-9-11-28-12-10-25/h1-8H,9-14H2,(H,23,26)(H2,22,24,27). The second-order valence-corrected chi connectivity index (χ2v) is 6.88. The van der Waals surface area contributed by atoms with E-state index in [4.69, 9.17) is 16.3 Å². The number of amides is 3. The Labute approximate surface area is 169 Å². The second-order valence-electron chi connectivity index (χ2n) is 6.45. The highest BCUT2D eigenvalue weighted by Crippen LogP contribution is 2.14. The summed E-state index contributed by atoms with van der Waals surface area (Å²) in [5.74, 6) is -0.0664. The number of nitrogens with zero attached hydrogens (tertiary/aromatic N) is 1. The van der Waals surface area contributed by atoms with Gasteiger partial charge in [-0.15, -0.1) is 0 Å². The predicted octanol–water partition coefficient (Wildman–Crippen LogP) is 2.93. The van der Waals surface area contributed by atoms with Gasteiger partial charge in [0.2, 0.25) is 5.91 Å². The first kappa shape index (κ1) is 20.1. The van der Waals surface area contributed by atoms with Crippen LogP contribution in [0.2, 0.25) is 5.02 Å². The van der Waals surface area contributed by atoms with E-state index >= 15 is 0 Å². The van der Waals surface area contributed by atoms with Gasteiger partial charge in [0.05, 0.1) is 19.8 Å². The van der Waals surface area contributed by atoms with Crippen molar-refractivity contribution in [3.63, 3.8) is 0 Å². The molecular weight excluding hydrogens is 380 g/mol. The number of carbonyl (C=O) groups excluding carboxylic acids is 2. The summed E-state index contributed by atoms with van der Waals surface area (Å²) in [5, 5.41) is 9.06. The van der Waals surface area contributed by atoms with Crippen molar-refractivity contribution in [2.45, 2.75) is 6.54 Å². The monoisotopic (exact) mass is 402 g/mol. The van der Waals surface area contributed by atoms with E-state index in [9.17, 15) is 9.59 Å². The van der Waals surface area contributed by atoms with Crippen molar-refractivity contribution < 1.29 is 14.3 Å². The van der Waals surface area contributed by atoms with Crippen LogP contribution in [-0.4, -0.2) is 49.7 Å². The van der Waals surface area contributed by atoms with Gasteiger partial charge in [-0.25, -0.2) is 4.79 Å². The van der Waals surface area contributed by atoms with Gasteiger partial charge in [-0.05, 0) is 42.0 Å². The average molecular weight is 403 g/mol. The molecule has 0 saturated carbocycles. The van der Waals surface area contributed by atoms with Gasteiger partial charge in [-0.2, -0.15) is 0 Å². The highest BCUT2D eigenvalue weighted by molar-refractivity contribution is 6.30. The van der Waals surface area contributed by atoms with E-state index in [-0.39, 0.29) is 11.9 Å². The summed E-state index contributed by atoms with van der Waals surface area (Å²) < 4.78 is 5.27. The molecule has 1 saturated heterocycles. The van der Waals surface area contributed by atoms with Gasteiger partial charge in [0.15, 0.2) is 0 Å². The fourth-order valence-corrected chi connectivity index (χ4v) is 2.89. The lowest BCUT2D eigenvalue weighted by Crippen LogP contribution is -2.41. The van der Waals surface area contributed by atoms with E-state index < -0.39 is 0 Å². The van der Waals surface area contributed by atoms with Crippen LogP contribution in [0.4, 0.5) is 16.2 Å². The van der Waals surface area contributed by atoms with Crippen molar-refractivity contribution in [1.29, 1.82) is 0 Å². The van der Waals surface area contributed by atoms with Gasteiger partial charge in [0.1, 0.15) is 0 Å². The molecule has 1 heterocycles. The molecule has 0 spiro atoms. The minimum atomic E-state index is -0.306. The number of morpholine rings is 1. The van der Waals surface area contributed by atoms with Gasteiger partial charge in [-0.3, -0.25) is 9.69 Å². The first-order valence-electron chi connectivity index (χ1n) is 9.08. The predicted molar refractivity (Wildman–Crippen MR) is 110 cm³/mol. The molecular formula is C20H23ClN4O3. The molecule has 0 radical (unpaired) electrons. The Morgan fingerprint density at radius 2 is 1.54 bits per heavy atom. The lowest BCUT2D eigenvalue weighted by Gasteiger charge is -2.25. The van der Waals surface area contributed by atoms with Crippen molar-refractivity contribution >= 4 is 34.9 Å². The molecule has 8 heteroatoms. The number of hydrogen-bond donors (Lipinski definition) is 3. The van der Waals surface area contributed by atoms with Crippen LogP contribution in [0.5, 0.6) is 0 Å². The van der Waals surface area contributed by atoms with Crippen LogP contribution in [0, 0.1) is 0 Å². The molecule has 3 N–H and O–H groups in total. The Morgan fingerprint density at radius 3 is 2.18 bits per heavy atom. The third-order valence-electron chi connectivity index (χ3n) is 4.26. The minimum Gasteiger partial charge on any atom is -0.379 e. The zero-order chi connectivity index (χ0) is 19.8. The molecule has 1 fully saturated rings. The third kappa shape index (κ3) is 6.53. The number of anilines is 2. The van der Waals surface area contributed by atoms with E-state index in [0.717, 1.165) is 18.7 Å². The molecule has 1 aliphatic rings. The van der Waals surface area contributed by atoms with E-state index in [0.29, 0.717) is 42.7 Å². The minimum absolute atomic E-state index is 0.0664. The molecule has 0 aromatic heterocycles. The highest BCUT2D eigenvalue weighted by Gasteiger charge is 2.14. The number of carbonyl (C=O) groups is 2. The number of urea groups is 1. The number of halogens is 1. The SMILES string of the molecule is O=C(CN1CCOCC1)Nc1ccc(NC(=O)NCc2ccc(Cl)cc2)cc1. The highest BCUT2D eigenvalue weighted by atomic mass is 35.5. The first-order valence-corrected chi connectivity index (χ1v) is 9.45. The van der Waals surface area contributed by atoms with Crippen molar-refractivity contribution in [2.24, 2.45) is 0 Å². The van der Waals surface area contributed by atoms with E-state index in [1.807, 2.05) is 12.1 Å². The van der Waals surface area contributed by atoms with Crippen LogP contribution in [-0.2, 0) is 16.1 Å². The van der Waals surface area contributed by atoms with Crippen molar-refractivity contribution in [3.8, 4) is 0 Å². The molecule has 1 aliphatic heterocycles. The number of benzene rings is 2. The van der Waals surface area contributed by atoms with Crippen LogP contribution in [0.3, 0.4) is 0 Å². The molecule has 0 unspecified atom stereocenters. The normalized spacial score (nSPS) is 14.3. The molecule has 28 heavy (non-hydrogen) atoms.